The van der Waals surface area contributed by atoms with E-state index < -0.39 is 5.91 Å². The van der Waals surface area contributed by atoms with Crippen LogP contribution in [0.25, 0.3) is 0 Å². The Balaban J connectivity index is 1.42. The molecule has 1 aromatic rings. The van der Waals surface area contributed by atoms with E-state index in [1.54, 1.807) is 13.1 Å². The number of hydrogen-bond donors (Lipinski definition) is 2. The number of nitrogens with two attached hydrogens (primary N) is 1. The molecule has 154 valence electrons. The molecular formula is C21H32N4O3. The van der Waals surface area contributed by atoms with Gasteiger partial charge in [0.2, 0.25) is 5.91 Å². The number of hydrogen-bond acceptors (Lipinski definition) is 4. The standard InChI is InChI=1S/C21H32N4O3/c1-23-21(24-14-16-5-4-6-17(13-16)20(22)26)25-10-8-18(9-11-25)28-15-19-7-2-3-12-27-19/h4-6,13,18-19H,2-3,7-12,14-15H2,1H3,(H2,22,26)(H,23,24). The summed E-state index contributed by atoms with van der Waals surface area (Å²) in [6, 6.07) is 7.36. The Hall–Kier alpha value is -2.12. The molecule has 2 aliphatic rings. The third-order valence-electron chi connectivity index (χ3n) is 5.41. The second-order valence-electron chi connectivity index (χ2n) is 7.47. The molecule has 7 heteroatoms. The Morgan fingerprint density at radius 1 is 1.32 bits per heavy atom. The molecule has 3 rings (SSSR count). The van der Waals surface area contributed by atoms with Gasteiger partial charge in [-0.25, -0.2) is 0 Å². The molecule has 0 bridgehead atoms. The number of benzene rings is 1. The van der Waals surface area contributed by atoms with Crippen molar-refractivity contribution in [3.8, 4) is 0 Å². The summed E-state index contributed by atoms with van der Waals surface area (Å²) in [5.41, 5.74) is 6.88. The lowest BCUT2D eigenvalue weighted by molar-refractivity contribution is -0.0721. The summed E-state index contributed by atoms with van der Waals surface area (Å²) in [6.45, 7) is 4.02. The minimum Gasteiger partial charge on any atom is -0.376 e. The summed E-state index contributed by atoms with van der Waals surface area (Å²) in [7, 11) is 1.80. The molecule has 0 radical (unpaired) electrons. The van der Waals surface area contributed by atoms with Crippen molar-refractivity contribution in [1.82, 2.24) is 10.2 Å². The van der Waals surface area contributed by atoms with Gasteiger partial charge in [0, 0.05) is 38.9 Å². The van der Waals surface area contributed by atoms with Crippen molar-refractivity contribution in [1.29, 1.82) is 0 Å². The lowest BCUT2D eigenvalue weighted by Crippen LogP contribution is -2.47. The predicted molar refractivity (Wildman–Crippen MR) is 109 cm³/mol. The molecule has 2 aliphatic heterocycles. The number of carbonyl (C=O) groups excluding carboxylic acids is 1. The Morgan fingerprint density at radius 3 is 2.82 bits per heavy atom. The molecule has 1 amide bonds. The van der Waals surface area contributed by atoms with Crippen LogP contribution < -0.4 is 11.1 Å². The second kappa shape index (κ2) is 10.4. The molecule has 1 atom stereocenters. The number of likely N-dealkylation sites (tertiary alicyclic amines) is 1. The smallest absolute Gasteiger partial charge is 0.248 e. The molecule has 0 spiro atoms. The van der Waals surface area contributed by atoms with Crippen LogP contribution in [-0.4, -0.2) is 62.3 Å². The molecule has 3 N–H and O–H groups in total. The zero-order chi connectivity index (χ0) is 19.8. The van der Waals surface area contributed by atoms with Crippen LogP contribution >= 0.6 is 0 Å². The summed E-state index contributed by atoms with van der Waals surface area (Å²) in [5.74, 6) is 0.463. The lowest BCUT2D eigenvalue weighted by Gasteiger charge is -2.35. The molecule has 1 aromatic carbocycles. The summed E-state index contributed by atoms with van der Waals surface area (Å²) in [6.07, 6.45) is 6.09. The van der Waals surface area contributed by atoms with Gasteiger partial charge in [-0.2, -0.15) is 0 Å². The van der Waals surface area contributed by atoms with E-state index in [4.69, 9.17) is 15.2 Å². The largest absolute Gasteiger partial charge is 0.376 e. The summed E-state index contributed by atoms with van der Waals surface area (Å²) >= 11 is 0. The van der Waals surface area contributed by atoms with Crippen molar-refractivity contribution in [2.24, 2.45) is 10.7 Å². The first-order chi connectivity index (χ1) is 13.7. The molecule has 0 saturated carbocycles. The maximum absolute atomic E-state index is 11.3. The second-order valence-corrected chi connectivity index (χ2v) is 7.47. The first kappa shape index (κ1) is 20.6. The van der Waals surface area contributed by atoms with E-state index >= 15 is 0 Å². The van der Waals surface area contributed by atoms with Gasteiger partial charge < -0.3 is 25.4 Å². The van der Waals surface area contributed by atoms with Gasteiger partial charge in [0.25, 0.3) is 0 Å². The first-order valence-electron chi connectivity index (χ1n) is 10.2. The molecule has 28 heavy (non-hydrogen) atoms. The number of guanidine groups is 1. The van der Waals surface area contributed by atoms with Crippen LogP contribution in [0, 0.1) is 0 Å². The number of nitrogens with one attached hydrogen (secondary N) is 1. The van der Waals surface area contributed by atoms with Gasteiger partial charge in [-0.15, -0.1) is 0 Å². The zero-order valence-electron chi connectivity index (χ0n) is 16.7. The summed E-state index contributed by atoms with van der Waals surface area (Å²) < 4.78 is 11.8. The van der Waals surface area contributed by atoms with Crippen molar-refractivity contribution in [2.45, 2.75) is 50.9 Å². The van der Waals surface area contributed by atoms with Crippen LogP contribution in [0.4, 0.5) is 0 Å². The Bertz CT molecular complexity index is 665. The van der Waals surface area contributed by atoms with E-state index in [2.05, 4.69) is 15.2 Å². The van der Waals surface area contributed by atoms with Crippen LogP contribution in [0.15, 0.2) is 29.3 Å². The maximum Gasteiger partial charge on any atom is 0.248 e. The van der Waals surface area contributed by atoms with Gasteiger partial charge >= 0.3 is 0 Å². The van der Waals surface area contributed by atoms with E-state index in [9.17, 15) is 4.79 Å². The predicted octanol–water partition coefficient (Wildman–Crippen LogP) is 1.91. The number of primary amides is 1. The number of piperidine rings is 1. The van der Waals surface area contributed by atoms with Crippen molar-refractivity contribution in [2.75, 3.05) is 33.4 Å². The monoisotopic (exact) mass is 388 g/mol. The van der Waals surface area contributed by atoms with E-state index in [0.717, 1.165) is 50.5 Å². The first-order valence-corrected chi connectivity index (χ1v) is 10.2. The number of aliphatic imine (C=N–C) groups is 1. The highest BCUT2D eigenvalue weighted by Gasteiger charge is 2.23. The Kier molecular flexibility index (Phi) is 7.68. The fourth-order valence-corrected chi connectivity index (χ4v) is 3.76. The minimum absolute atomic E-state index is 0.275. The van der Waals surface area contributed by atoms with E-state index in [-0.39, 0.29) is 6.10 Å². The maximum atomic E-state index is 11.3. The summed E-state index contributed by atoms with van der Waals surface area (Å²) in [4.78, 5) is 18.0. The highest BCUT2D eigenvalue weighted by atomic mass is 16.5. The molecule has 2 heterocycles. The third-order valence-corrected chi connectivity index (χ3v) is 5.41. The normalized spacial score (nSPS) is 21.5. The van der Waals surface area contributed by atoms with E-state index in [1.807, 2.05) is 18.2 Å². The minimum atomic E-state index is -0.410. The van der Waals surface area contributed by atoms with E-state index in [1.165, 1.54) is 12.8 Å². The van der Waals surface area contributed by atoms with Crippen LogP contribution in [0.5, 0.6) is 0 Å². The Labute approximate surface area is 167 Å². The molecular weight excluding hydrogens is 356 g/mol. The van der Waals surface area contributed by atoms with Crippen molar-refractivity contribution < 1.29 is 14.3 Å². The SMILES string of the molecule is CN=C(NCc1cccc(C(N)=O)c1)N1CCC(OCC2CCCCO2)CC1. The number of rotatable bonds is 6. The highest BCUT2D eigenvalue weighted by molar-refractivity contribution is 5.92. The number of carbonyl (C=O) groups is 1. The van der Waals surface area contributed by atoms with Crippen LogP contribution in [0.2, 0.25) is 0 Å². The summed E-state index contributed by atoms with van der Waals surface area (Å²) in [5, 5.41) is 3.38. The third kappa shape index (κ3) is 5.94. The number of ether oxygens (including phenoxy) is 2. The number of amides is 1. The quantitative estimate of drug-likeness (QED) is 0.574. The fraction of sp³-hybridized carbons (Fsp3) is 0.619. The van der Waals surface area contributed by atoms with Gasteiger partial charge in [0.1, 0.15) is 0 Å². The van der Waals surface area contributed by atoms with Gasteiger partial charge in [-0.3, -0.25) is 9.79 Å². The molecule has 1 unspecified atom stereocenters. The van der Waals surface area contributed by atoms with Gasteiger partial charge in [0.15, 0.2) is 5.96 Å². The Morgan fingerprint density at radius 2 is 2.14 bits per heavy atom. The highest BCUT2D eigenvalue weighted by Crippen LogP contribution is 2.18. The van der Waals surface area contributed by atoms with Crippen LogP contribution in [0.3, 0.4) is 0 Å². The molecule has 2 fully saturated rings. The van der Waals surface area contributed by atoms with E-state index in [0.29, 0.717) is 24.8 Å². The average molecular weight is 389 g/mol. The average Bonchev–Trinajstić information content (AvgIpc) is 2.74. The topological polar surface area (TPSA) is 89.2 Å². The van der Waals surface area contributed by atoms with Crippen LogP contribution in [-0.2, 0) is 16.0 Å². The fourth-order valence-electron chi connectivity index (χ4n) is 3.76. The number of nitrogens with zero attached hydrogens (tertiary/aromatic N) is 2. The molecule has 0 aliphatic carbocycles. The van der Waals surface area contributed by atoms with Crippen molar-refractivity contribution in [3.63, 3.8) is 0 Å². The van der Waals surface area contributed by atoms with Crippen molar-refractivity contribution >= 4 is 11.9 Å². The van der Waals surface area contributed by atoms with Crippen LogP contribution in [0.1, 0.15) is 48.0 Å². The van der Waals surface area contributed by atoms with Gasteiger partial charge in [0.05, 0.1) is 18.8 Å². The lowest BCUT2D eigenvalue weighted by atomic mass is 10.1. The molecule has 0 aromatic heterocycles. The van der Waals surface area contributed by atoms with Gasteiger partial charge in [-0.05, 0) is 49.8 Å². The molecule has 7 nitrogen and oxygen atoms in total. The van der Waals surface area contributed by atoms with Gasteiger partial charge in [-0.1, -0.05) is 12.1 Å². The van der Waals surface area contributed by atoms with Crippen molar-refractivity contribution in [3.05, 3.63) is 35.4 Å². The zero-order valence-corrected chi connectivity index (χ0v) is 16.7. The molecule has 2 saturated heterocycles.